The number of amides is 1. The Morgan fingerprint density at radius 1 is 1.54 bits per heavy atom. The largest absolute Gasteiger partial charge is 0.353 e. The molecule has 0 spiro atoms. The summed E-state index contributed by atoms with van der Waals surface area (Å²) in [5.41, 5.74) is 0.403. The van der Waals surface area contributed by atoms with Gasteiger partial charge in [0.05, 0.1) is 10.5 Å². The highest BCUT2D eigenvalue weighted by Crippen LogP contribution is 2.34. The molecule has 1 amide bonds. The summed E-state index contributed by atoms with van der Waals surface area (Å²) in [6, 6.07) is 2.07. The number of nitrogens with one attached hydrogen (secondary N) is 1. The normalized spacial score (nSPS) is 10.7. The zero-order valence-corrected chi connectivity index (χ0v) is 14.5. The molecule has 2 aromatic heterocycles. The van der Waals surface area contributed by atoms with Gasteiger partial charge >= 0.3 is 5.69 Å². The van der Waals surface area contributed by atoms with E-state index in [-0.39, 0.29) is 11.7 Å². The number of carbonyl (C=O) groups is 1. The smallest absolute Gasteiger partial charge is 0.344 e. The monoisotopic (exact) mass is 348 g/mol. The van der Waals surface area contributed by atoms with Crippen LogP contribution in [0.15, 0.2) is 4.52 Å². The van der Waals surface area contributed by atoms with E-state index in [1.807, 2.05) is 13.8 Å². The molecule has 0 aliphatic heterocycles. The minimum atomic E-state index is -0.766. The molecule has 9 heteroatoms. The minimum absolute atomic E-state index is 0.0438. The average Bonchev–Trinajstić information content (AvgIpc) is 3.08. The van der Waals surface area contributed by atoms with Gasteiger partial charge < -0.3 is 9.84 Å². The lowest BCUT2D eigenvalue weighted by Gasteiger charge is -2.01. The number of nitrogens with zero attached hydrogens (tertiary/aromatic N) is 3. The summed E-state index contributed by atoms with van der Waals surface area (Å²) in [4.78, 5) is 23.9. The molecule has 1 N–H and O–H groups in total. The van der Waals surface area contributed by atoms with Crippen LogP contribution in [0.2, 0.25) is 0 Å². The zero-order chi connectivity index (χ0) is 18.0. The molecule has 0 saturated heterocycles. The number of aromatic nitrogens is 1. The molecule has 0 radical (unpaired) electrons. The van der Waals surface area contributed by atoms with Gasteiger partial charge in [0.15, 0.2) is 0 Å². The minimum Gasteiger partial charge on any atom is -0.353 e. The van der Waals surface area contributed by atoms with Gasteiger partial charge in [0.2, 0.25) is 11.5 Å². The van der Waals surface area contributed by atoms with Crippen molar-refractivity contribution in [1.82, 2.24) is 5.16 Å². The second-order valence-electron chi connectivity index (χ2n) is 5.42. The molecule has 24 heavy (non-hydrogen) atoms. The van der Waals surface area contributed by atoms with E-state index in [1.165, 1.54) is 11.3 Å². The topological polar surface area (TPSA) is 122 Å². The third kappa shape index (κ3) is 3.00. The van der Waals surface area contributed by atoms with Gasteiger partial charge in [-0.05, 0) is 18.9 Å². The predicted octanol–water partition coefficient (Wildman–Crippen LogP) is 3.76. The predicted molar refractivity (Wildman–Crippen MR) is 88.3 cm³/mol. The van der Waals surface area contributed by atoms with Crippen molar-refractivity contribution in [3.63, 3.8) is 0 Å². The Balaban J connectivity index is 2.42. The first-order valence-corrected chi connectivity index (χ1v) is 8.11. The van der Waals surface area contributed by atoms with Crippen LogP contribution in [-0.4, -0.2) is 16.0 Å². The number of anilines is 1. The van der Waals surface area contributed by atoms with Crippen LogP contribution in [0.25, 0.3) is 0 Å². The van der Waals surface area contributed by atoms with Crippen molar-refractivity contribution >= 4 is 27.9 Å². The molecule has 0 aliphatic carbocycles. The number of rotatable bonds is 5. The van der Waals surface area contributed by atoms with Gasteiger partial charge in [0.25, 0.3) is 5.91 Å². The lowest BCUT2D eigenvalue weighted by molar-refractivity contribution is -0.386. The highest BCUT2D eigenvalue weighted by Gasteiger charge is 2.33. The van der Waals surface area contributed by atoms with Crippen LogP contribution in [0, 0.1) is 28.4 Å². The van der Waals surface area contributed by atoms with Gasteiger partial charge in [-0.1, -0.05) is 25.9 Å². The van der Waals surface area contributed by atoms with Crippen LogP contribution in [-0.2, 0) is 6.42 Å². The molecular weight excluding hydrogens is 332 g/mol. The van der Waals surface area contributed by atoms with Gasteiger partial charge in [0, 0.05) is 10.8 Å². The van der Waals surface area contributed by atoms with Crippen molar-refractivity contribution in [2.75, 3.05) is 5.32 Å². The Labute approximate surface area is 142 Å². The zero-order valence-electron chi connectivity index (χ0n) is 13.7. The Kier molecular flexibility index (Phi) is 4.99. The Hall–Kier alpha value is -2.73. The number of hydrogen-bond acceptors (Lipinski definition) is 7. The molecule has 0 aliphatic rings. The van der Waals surface area contributed by atoms with Crippen LogP contribution in [0.3, 0.4) is 0 Å². The highest BCUT2D eigenvalue weighted by molar-refractivity contribution is 7.16. The lowest BCUT2D eigenvalue weighted by Crippen LogP contribution is -2.14. The first-order valence-electron chi connectivity index (χ1n) is 7.29. The third-order valence-electron chi connectivity index (χ3n) is 3.52. The van der Waals surface area contributed by atoms with Crippen molar-refractivity contribution < 1.29 is 14.2 Å². The molecular formula is C15H16N4O4S. The number of aryl methyl sites for hydroxylation is 1. The Morgan fingerprint density at radius 3 is 2.71 bits per heavy atom. The molecule has 0 unspecified atom stereocenters. The molecule has 2 aromatic rings. The molecule has 0 atom stereocenters. The first kappa shape index (κ1) is 17.6. The van der Waals surface area contributed by atoms with Crippen molar-refractivity contribution in [3.8, 4) is 6.07 Å². The summed E-state index contributed by atoms with van der Waals surface area (Å²) in [5.74, 6) is -1.01. The summed E-state index contributed by atoms with van der Waals surface area (Å²) >= 11 is 1.26. The van der Waals surface area contributed by atoms with Gasteiger partial charge in [-0.2, -0.15) is 5.26 Å². The van der Waals surface area contributed by atoms with Crippen molar-refractivity contribution in [2.24, 2.45) is 0 Å². The van der Waals surface area contributed by atoms with Crippen molar-refractivity contribution in [2.45, 2.75) is 40.0 Å². The van der Waals surface area contributed by atoms with E-state index in [9.17, 15) is 20.2 Å². The second-order valence-corrected chi connectivity index (χ2v) is 6.64. The Bertz CT molecular complexity index is 845. The SMILES string of the molecule is CCc1c(C)sc(NC(=O)c2noc(C(C)C)c2[N+](=O)[O-])c1C#N. The number of thiophene rings is 1. The number of nitro groups is 1. The van der Waals surface area contributed by atoms with Gasteiger partial charge in [0.1, 0.15) is 11.1 Å². The summed E-state index contributed by atoms with van der Waals surface area (Å²) in [6.45, 7) is 7.19. The summed E-state index contributed by atoms with van der Waals surface area (Å²) in [5, 5.41) is 27.0. The quantitative estimate of drug-likeness (QED) is 0.648. The van der Waals surface area contributed by atoms with Gasteiger partial charge in [-0.3, -0.25) is 14.9 Å². The lowest BCUT2D eigenvalue weighted by atomic mass is 10.1. The van der Waals surface area contributed by atoms with E-state index in [1.54, 1.807) is 13.8 Å². The maximum absolute atomic E-state index is 12.4. The van der Waals surface area contributed by atoms with Crippen LogP contribution >= 0.6 is 11.3 Å². The fourth-order valence-corrected chi connectivity index (χ4v) is 3.47. The third-order valence-corrected chi connectivity index (χ3v) is 4.58. The number of nitriles is 1. The van der Waals surface area contributed by atoms with E-state index in [4.69, 9.17) is 4.52 Å². The molecule has 8 nitrogen and oxygen atoms in total. The fraction of sp³-hybridized carbons (Fsp3) is 0.400. The molecule has 0 aromatic carbocycles. The van der Waals surface area contributed by atoms with E-state index >= 15 is 0 Å². The van der Waals surface area contributed by atoms with E-state index in [2.05, 4.69) is 16.5 Å². The maximum atomic E-state index is 12.4. The summed E-state index contributed by atoms with van der Waals surface area (Å²) in [6.07, 6.45) is 0.655. The molecule has 0 fully saturated rings. The molecule has 0 bridgehead atoms. The molecule has 126 valence electrons. The van der Waals surface area contributed by atoms with Gasteiger partial charge in [-0.15, -0.1) is 11.3 Å². The molecule has 0 saturated carbocycles. The second kappa shape index (κ2) is 6.80. The van der Waals surface area contributed by atoms with E-state index in [0.717, 1.165) is 10.4 Å². The Morgan fingerprint density at radius 2 is 2.21 bits per heavy atom. The molecule has 2 heterocycles. The maximum Gasteiger partial charge on any atom is 0.344 e. The van der Waals surface area contributed by atoms with Crippen LogP contribution in [0.1, 0.15) is 58.9 Å². The first-order chi connectivity index (χ1) is 11.3. The summed E-state index contributed by atoms with van der Waals surface area (Å²) < 4.78 is 4.97. The summed E-state index contributed by atoms with van der Waals surface area (Å²) in [7, 11) is 0. The average molecular weight is 348 g/mol. The van der Waals surface area contributed by atoms with E-state index < -0.39 is 22.2 Å². The van der Waals surface area contributed by atoms with E-state index in [0.29, 0.717) is 17.0 Å². The van der Waals surface area contributed by atoms with Crippen LogP contribution in [0.4, 0.5) is 10.7 Å². The fourth-order valence-electron chi connectivity index (χ4n) is 2.38. The molecule has 2 rings (SSSR count). The number of hydrogen-bond donors (Lipinski definition) is 1. The van der Waals surface area contributed by atoms with Crippen molar-refractivity contribution in [1.29, 1.82) is 5.26 Å². The van der Waals surface area contributed by atoms with Crippen LogP contribution < -0.4 is 5.32 Å². The van der Waals surface area contributed by atoms with Crippen LogP contribution in [0.5, 0.6) is 0 Å². The number of carbonyl (C=O) groups excluding carboxylic acids is 1. The van der Waals surface area contributed by atoms with Gasteiger partial charge in [-0.25, -0.2) is 0 Å². The highest BCUT2D eigenvalue weighted by atomic mass is 32.1. The van der Waals surface area contributed by atoms with Crippen molar-refractivity contribution in [3.05, 3.63) is 37.6 Å². The standard InChI is InChI=1S/C15H16N4O4S/c1-5-9-8(4)24-15(10(9)6-16)17-14(20)11-12(19(21)22)13(7(2)3)23-18-11/h7H,5H2,1-4H3,(H,17,20).